The molecule has 10 heteroatoms. The van der Waals surface area contributed by atoms with Gasteiger partial charge in [0.1, 0.15) is 11.5 Å². The number of amides is 1. The fourth-order valence-corrected chi connectivity index (χ4v) is 2.29. The maximum atomic E-state index is 13.2. The number of thioether (sulfide) groups is 1. The number of ether oxygens (including phenoxy) is 2. The van der Waals surface area contributed by atoms with Crippen molar-refractivity contribution in [2.75, 3.05) is 25.8 Å². The Kier molecular flexibility index (Phi) is 5.73. The molecule has 1 amide bonds. The third kappa shape index (κ3) is 4.32. The summed E-state index contributed by atoms with van der Waals surface area (Å²) in [5.74, 6) is -0.336. The zero-order valence-corrected chi connectivity index (χ0v) is 14.3. The van der Waals surface area contributed by atoms with Crippen LogP contribution < -0.4 is 14.8 Å². The van der Waals surface area contributed by atoms with Gasteiger partial charge in [0.05, 0.1) is 25.5 Å². The fraction of sp³-hybridized carbons (Fsp3) is 0.267. The minimum atomic E-state index is -4.79. The Hall–Kier alpha value is -2.49. The molecule has 6 nitrogen and oxygen atoms in total. The molecule has 1 aromatic heterocycles. The predicted molar refractivity (Wildman–Crippen MR) is 86.3 cm³/mol. The van der Waals surface area contributed by atoms with E-state index < -0.39 is 23.3 Å². The molecular formula is C15H14F3N3O3S. The first-order valence-corrected chi connectivity index (χ1v) is 8.04. The molecular weight excluding hydrogens is 359 g/mol. The van der Waals surface area contributed by atoms with Gasteiger partial charge >= 0.3 is 6.18 Å². The lowest BCUT2D eigenvalue weighted by Gasteiger charge is -2.14. The molecule has 0 radical (unpaired) electrons. The second-order valence-electron chi connectivity index (χ2n) is 4.64. The standard InChI is InChI=1S/C15H14F3N3O3S/c1-23-8-4-5-11(24-2)10(6-8)20-13(22)9-7-19-14(25-3)21-12(9)15(16,17)18/h4-7H,1-3H3,(H,20,22). The van der Waals surface area contributed by atoms with Gasteiger partial charge < -0.3 is 14.8 Å². The Morgan fingerprint density at radius 3 is 2.52 bits per heavy atom. The number of methoxy groups -OCH3 is 2. The molecule has 134 valence electrons. The van der Waals surface area contributed by atoms with Crippen LogP contribution in [0.25, 0.3) is 0 Å². The number of hydrogen-bond donors (Lipinski definition) is 1. The van der Waals surface area contributed by atoms with E-state index in [2.05, 4.69) is 15.3 Å². The first kappa shape index (κ1) is 18.8. The summed E-state index contributed by atoms with van der Waals surface area (Å²) in [5.41, 5.74) is -1.82. The van der Waals surface area contributed by atoms with E-state index in [1.54, 1.807) is 6.07 Å². The van der Waals surface area contributed by atoms with E-state index in [0.717, 1.165) is 18.0 Å². The van der Waals surface area contributed by atoms with Gasteiger partial charge in [0.25, 0.3) is 5.91 Å². The number of hydrogen-bond acceptors (Lipinski definition) is 6. The smallest absolute Gasteiger partial charge is 0.434 e. The lowest BCUT2D eigenvalue weighted by atomic mass is 10.2. The summed E-state index contributed by atoms with van der Waals surface area (Å²) in [6.45, 7) is 0. The van der Waals surface area contributed by atoms with Gasteiger partial charge in [-0.2, -0.15) is 13.2 Å². The molecule has 0 saturated carbocycles. The molecule has 25 heavy (non-hydrogen) atoms. The van der Waals surface area contributed by atoms with Gasteiger partial charge in [0.2, 0.25) is 0 Å². The van der Waals surface area contributed by atoms with Gasteiger partial charge in [0.15, 0.2) is 10.9 Å². The van der Waals surface area contributed by atoms with Crippen molar-refractivity contribution < 1.29 is 27.4 Å². The first-order chi connectivity index (χ1) is 11.8. The molecule has 1 N–H and O–H groups in total. The monoisotopic (exact) mass is 373 g/mol. The van der Waals surface area contributed by atoms with Gasteiger partial charge in [-0.25, -0.2) is 9.97 Å². The minimum absolute atomic E-state index is 0.0807. The van der Waals surface area contributed by atoms with E-state index in [4.69, 9.17) is 9.47 Å². The summed E-state index contributed by atoms with van der Waals surface area (Å²) in [6.07, 6.45) is -2.40. The zero-order chi connectivity index (χ0) is 18.6. The van der Waals surface area contributed by atoms with Crippen molar-refractivity contribution in [1.29, 1.82) is 0 Å². The van der Waals surface area contributed by atoms with E-state index >= 15 is 0 Å². The normalized spacial score (nSPS) is 11.1. The van der Waals surface area contributed by atoms with Crippen LogP contribution in [0.15, 0.2) is 29.6 Å². The van der Waals surface area contributed by atoms with Crippen molar-refractivity contribution in [3.8, 4) is 11.5 Å². The van der Waals surface area contributed by atoms with Crippen LogP contribution in [-0.2, 0) is 6.18 Å². The van der Waals surface area contributed by atoms with Crippen LogP contribution in [0.4, 0.5) is 18.9 Å². The summed E-state index contributed by atoms with van der Waals surface area (Å²) in [4.78, 5) is 19.5. The molecule has 0 aliphatic carbocycles. The number of rotatable bonds is 5. The average Bonchev–Trinajstić information content (AvgIpc) is 2.60. The largest absolute Gasteiger partial charge is 0.497 e. The SMILES string of the molecule is COc1ccc(OC)c(NC(=O)c2cnc(SC)nc2C(F)(F)F)c1. The summed E-state index contributed by atoms with van der Waals surface area (Å²) in [5, 5.41) is 2.29. The fourth-order valence-electron chi connectivity index (χ4n) is 1.95. The van der Waals surface area contributed by atoms with Crippen LogP contribution >= 0.6 is 11.8 Å². The highest BCUT2D eigenvalue weighted by atomic mass is 32.2. The Bertz CT molecular complexity index is 784. The predicted octanol–water partition coefficient (Wildman–Crippen LogP) is 3.49. The van der Waals surface area contributed by atoms with Crippen LogP contribution in [0.2, 0.25) is 0 Å². The molecule has 0 fully saturated rings. The van der Waals surface area contributed by atoms with Crippen LogP contribution in [0.1, 0.15) is 16.1 Å². The highest BCUT2D eigenvalue weighted by Crippen LogP contribution is 2.33. The van der Waals surface area contributed by atoms with Crippen LogP contribution in [0.3, 0.4) is 0 Å². The molecule has 0 spiro atoms. The molecule has 1 heterocycles. The maximum Gasteiger partial charge on any atom is 0.434 e. The molecule has 0 unspecified atom stereocenters. The Balaban J connectivity index is 2.42. The number of nitrogens with zero attached hydrogens (tertiary/aromatic N) is 2. The Morgan fingerprint density at radius 2 is 1.96 bits per heavy atom. The number of nitrogens with one attached hydrogen (secondary N) is 1. The number of alkyl halides is 3. The molecule has 2 aromatic rings. The minimum Gasteiger partial charge on any atom is -0.497 e. The second kappa shape index (κ2) is 7.60. The number of carbonyl (C=O) groups is 1. The lowest BCUT2D eigenvalue weighted by molar-refractivity contribution is -0.142. The molecule has 0 saturated heterocycles. The number of aromatic nitrogens is 2. The van der Waals surface area contributed by atoms with Crippen LogP contribution in [0, 0.1) is 0 Å². The Morgan fingerprint density at radius 1 is 1.24 bits per heavy atom. The maximum absolute atomic E-state index is 13.2. The molecule has 0 aliphatic heterocycles. The quantitative estimate of drug-likeness (QED) is 0.639. The second-order valence-corrected chi connectivity index (χ2v) is 5.41. The van der Waals surface area contributed by atoms with Crippen molar-refractivity contribution in [3.05, 3.63) is 35.7 Å². The van der Waals surface area contributed by atoms with E-state index in [9.17, 15) is 18.0 Å². The third-order valence-electron chi connectivity index (χ3n) is 3.12. The van der Waals surface area contributed by atoms with Crippen LogP contribution in [-0.4, -0.2) is 36.4 Å². The van der Waals surface area contributed by atoms with Crippen molar-refractivity contribution in [2.24, 2.45) is 0 Å². The summed E-state index contributed by atoms with van der Waals surface area (Å²) >= 11 is 0.944. The van der Waals surface area contributed by atoms with Gasteiger partial charge in [-0.1, -0.05) is 11.8 Å². The van der Waals surface area contributed by atoms with E-state index in [1.807, 2.05) is 0 Å². The number of anilines is 1. The molecule has 0 aliphatic rings. The van der Waals surface area contributed by atoms with Crippen molar-refractivity contribution in [2.45, 2.75) is 11.3 Å². The van der Waals surface area contributed by atoms with E-state index in [1.165, 1.54) is 32.6 Å². The van der Waals surface area contributed by atoms with Gasteiger partial charge in [0, 0.05) is 12.3 Å². The molecule has 0 atom stereocenters. The van der Waals surface area contributed by atoms with Gasteiger partial charge in [-0.15, -0.1) is 0 Å². The molecule has 2 rings (SSSR count). The van der Waals surface area contributed by atoms with Gasteiger partial charge in [-0.05, 0) is 18.4 Å². The topological polar surface area (TPSA) is 73.3 Å². The highest BCUT2D eigenvalue weighted by Gasteiger charge is 2.38. The first-order valence-electron chi connectivity index (χ1n) is 6.81. The number of carbonyl (C=O) groups excluding carboxylic acids is 1. The third-order valence-corrected chi connectivity index (χ3v) is 3.68. The van der Waals surface area contributed by atoms with E-state index in [-0.39, 0.29) is 16.6 Å². The highest BCUT2D eigenvalue weighted by molar-refractivity contribution is 7.98. The zero-order valence-electron chi connectivity index (χ0n) is 13.5. The molecule has 1 aromatic carbocycles. The molecule has 0 bridgehead atoms. The summed E-state index contributed by atoms with van der Waals surface area (Å²) in [6, 6.07) is 4.54. The average molecular weight is 373 g/mol. The van der Waals surface area contributed by atoms with Crippen molar-refractivity contribution in [1.82, 2.24) is 9.97 Å². The van der Waals surface area contributed by atoms with Crippen LogP contribution in [0.5, 0.6) is 11.5 Å². The van der Waals surface area contributed by atoms with Gasteiger partial charge in [-0.3, -0.25) is 4.79 Å². The summed E-state index contributed by atoms with van der Waals surface area (Å²) < 4.78 is 49.7. The Labute approximate surface area is 145 Å². The summed E-state index contributed by atoms with van der Waals surface area (Å²) in [7, 11) is 2.79. The number of benzene rings is 1. The van der Waals surface area contributed by atoms with Crippen molar-refractivity contribution >= 4 is 23.4 Å². The van der Waals surface area contributed by atoms with E-state index in [0.29, 0.717) is 5.75 Å². The van der Waals surface area contributed by atoms with Crippen molar-refractivity contribution in [3.63, 3.8) is 0 Å². The number of halogens is 3. The lowest BCUT2D eigenvalue weighted by Crippen LogP contribution is -2.21.